The van der Waals surface area contributed by atoms with Crippen LogP contribution in [0.3, 0.4) is 0 Å². The molecular weight excluding hydrogens is 482 g/mol. The molecule has 1 saturated heterocycles. The van der Waals surface area contributed by atoms with E-state index in [4.69, 9.17) is 32.7 Å². The zero-order chi connectivity index (χ0) is 25.4. The maximum Gasteiger partial charge on any atom is 0.150 e. The third-order valence-electron chi connectivity index (χ3n) is 7.50. The van der Waals surface area contributed by atoms with Crippen LogP contribution in [0.4, 0.5) is 0 Å². The summed E-state index contributed by atoms with van der Waals surface area (Å²) in [5.74, 6) is 1.16. The lowest BCUT2D eigenvalue weighted by molar-refractivity contribution is -0.00783. The Morgan fingerprint density at radius 1 is 1.03 bits per heavy atom. The molecule has 7 heteroatoms. The first-order valence-corrected chi connectivity index (χ1v) is 13.0. The molecule has 4 aromatic rings. The molecule has 37 heavy (non-hydrogen) atoms. The zero-order valence-electron chi connectivity index (χ0n) is 20.8. The Labute approximate surface area is 222 Å². The van der Waals surface area contributed by atoms with E-state index in [0.717, 1.165) is 78.4 Å². The van der Waals surface area contributed by atoms with E-state index in [9.17, 15) is 0 Å². The number of aromatic nitrogens is 3. The van der Waals surface area contributed by atoms with Crippen LogP contribution < -0.4 is 0 Å². The Balaban J connectivity index is 1.38. The topological polar surface area (TPSA) is 55.5 Å². The van der Waals surface area contributed by atoms with E-state index in [1.165, 1.54) is 0 Å². The normalized spacial score (nSPS) is 20.5. The Morgan fingerprint density at radius 3 is 2.51 bits per heavy atom. The van der Waals surface area contributed by atoms with Gasteiger partial charge in [-0.2, -0.15) is 0 Å². The number of hydrogen-bond acceptors (Lipinski definition) is 5. The van der Waals surface area contributed by atoms with Crippen molar-refractivity contribution in [2.45, 2.75) is 24.8 Å². The molecule has 1 aliphatic heterocycles. The van der Waals surface area contributed by atoms with Crippen molar-refractivity contribution in [3.63, 3.8) is 0 Å². The highest BCUT2D eigenvalue weighted by molar-refractivity contribution is 6.69. The summed E-state index contributed by atoms with van der Waals surface area (Å²) in [6.07, 6.45) is 8.08. The second kappa shape index (κ2) is 10.1. The maximum absolute atomic E-state index is 6.64. The predicted octanol–water partition coefficient (Wildman–Crippen LogP) is 5.40. The Kier molecular flexibility index (Phi) is 6.52. The van der Waals surface area contributed by atoms with E-state index < -0.39 is 0 Å². The van der Waals surface area contributed by atoms with Crippen molar-refractivity contribution < 1.29 is 4.74 Å². The van der Waals surface area contributed by atoms with Crippen LogP contribution in [-0.4, -0.2) is 64.0 Å². The minimum atomic E-state index is 0.279. The molecule has 6 rings (SSSR count). The van der Waals surface area contributed by atoms with E-state index in [-0.39, 0.29) is 5.92 Å². The summed E-state index contributed by atoms with van der Waals surface area (Å²) in [5.41, 5.74) is 5.22. The molecule has 0 atom stereocenters. The monoisotopic (exact) mass is 509 g/mol. The predicted molar refractivity (Wildman–Crippen MR) is 149 cm³/mol. The molecule has 2 aromatic carbocycles. The van der Waals surface area contributed by atoms with Crippen LogP contribution in [0.5, 0.6) is 0 Å². The summed E-state index contributed by atoms with van der Waals surface area (Å²) in [7, 11) is 1.67. The third-order valence-corrected chi connectivity index (χ3v) is 7.85. The number of pyridine rings is 1. The molecule has 3 heterocycles. The van der Waals surface area contributed by atoms with Crippen molar-refractivity contribution in [1.82, 2.24) is 19.4 Å². The lowest BCUT2D eigenvalue weighted by atomic mass is 9.78. The van der Waals surface area contributed by atoms with Crippen molar-refractivity contribution in [2.75, 3.05) is 33.4 Å². The zero-order valence-corrected chi connectivity index (χ0v) is 21.5. The number of benzene rings is 2. The van der Waals surface area contributed by atoms with Gasteiger partial charge in [0.05, 0.1) is 24.4 Å². The highest BCUT2D eigenvalue weighted by Gasteiger charge is 2.39. The number of halogens is 1. The molecular formula is C30H28ClN5O. The standard InChI is InChI=1S/C30H28ClN5O/c1-3-36-28(29(31)32-2)27(34-30(36)23-17-24(18-23)35-13-15-37-16-14-35)22-10-9-21-11-12-25(33-26(21)19-22)20-7-5-4-6-8-20/h1,4-12,19,23-24H,13-18H2,2H3/b32-29+/t23-,24+. The molecule has 0 amide bonds. The SMILES string of the molecule is C#Cn1c(/C(Cl)=N\C)c(-c2ccc3ccc(-c4ccccc4)nc3c2)nc1[C@H]1C[C@@H](N2CCOCC2)C1. The van der Waals surface area contributed by atoms with Gasteiger partial charge in [0, 0.05) is 54.7 Å². The number of aliphatic imine (C=N–C) groups is 1. The van der Waals surface area contributed by atoms with Crippen molar-refractivity contribution in [3.05, 3.63) is 72.2 Å². The van der Waals surface area contributed by atoms with Crippen LogP contribution in [0.1, 0.15) is 30.3 Å². The van der Waals surface area contributed by atoms with E-state index in [2.05, 4.69) is 58.4 Å². The summed E-state index contributed by atoms with van der Waals surface area (Å²) in [6, 6.07) is 23.9. The van der Waals surface area contributed by atoms with Gasteiger partial charge >= 0.3 is 0 Å². The van der Waals surface area contributed by atoms with Crippen molar-refractivity contribution >= 4 is 27.7 Å². The van der Waals surface area contributed by atoms with Crippen molar-refractivity contribution in [1.29, 1.82) is 0 Å². The van der Waals surface area contributed by atoms with Gasteiger partial charge in [-0.3, -0.25) is 14.5 Å². The molecule has 1 aliphatic carbocycles. The second-order valence-electron chi connectivity index (χ2n) is 9.59. The fourth-order valence-electron chi connectivity index (χ4n) is 5.41. The first-order chi connectivity index (χ1) is 18.2. The molecule has 6 nitrogen and oxygen atoms in total. The summed E-state index contributed by atoms with van der Waals surface area (Å²) in [6.45, 7) is 3.58. The number of imidazole rings is 1. The highest BCUT2D eigenvalue weighted by Crippen LogP contribution is 2.41. The first-order valence-electron chi connectivity index (χ1n) is 12.7. The quantitative estimate of drug-likeness (QED) is 0.267. The average Bonchev–Trinajstić information content (AvgIpc) is 3.31. The summed E-state index contributed by atoms with van der Waals surface area (Å²) < 4.78 is 7.31. The minimum absolute atomic E-state index is 0.279. The summed E-state index contributed by atoms with van der Waals surface area (Å²) in [4.78, 5) is 16.8. The fraction of sp³-hybridized carbons (Fsp3) is 0.300. The van der Waals surface area contributed by atoms with Gasteiger partial charge in [0.25, 0.3) is 0 Å². The van der Waals surface area contributed by atoms with Gasteiger partial charge in [0.2, 0.25) is 0 Å². The van der Waals surface area contributed by atoms with Gasteiger partial charge < -0.3 is 4.74 Å². The maximum atomic E-state index is 6.64. The van der Waals surface area contributed by atoms with Crippen LogP contribution in [-0.2, 0) is 4.74 Å². The molecule has 0 N–H and O–H groups in total. The summed E-state index contributed by atoms with van der Waals surface area (Å²) in [5, 5.41) is 1.41. The van der Waals surface area contributed by atoms with Crippen LogP contribution in [0, 0.1) is 12.5 Å². The Bertz CT molecular complexity index is 1510. The molecule has 2 aromatic heterocycles. The molecule has 186 valence electrons. The minimum Gasteiger partial charge on any atom is -0.379 e. The molecule has 1 saturated carbocycles. The number of terminal acetylenes is 1. The van der Waals surface area contributed by atoms with E-state index in [1.54, 1.807) is 11.6 Å². The molecule has 0 spiro atoms. The lowest BCUT2D eigenvalue weighted by Gasteiger charge is -2.43. The van der Waals surface area contributed by atoms with Gasteiger partial charge in [-0.15, -0.1) is 0 Å². The Morgan fingerprint density at radius 2 is 1.78 bits per heavy atom. The van der Waals surface area contributed by atoms with E-state index in [0.29, 0.717) is 16.9 Å². The van der Waals surface area contributed by atoms with Crippen LogP contribution in [0.25, 0.3) is 33.4 Å². The summed E-state index contributed by atoms with van der Waals surface area (Å²) >= 11 is 6.64. The van der Waals surface area contributed by atoms with Crippen molar-refractivity contribution in [2.24, 2.45) is 4.99 Å². The van der Waals surface area contributed by atoms with Crippen LogP contribution in [0.15, 0.2) is 65.7 Å². The molecule has 0 unspecified atom stereocenters. The molecule has 0 bridgehead atoms. The third kappa shape index (κ3) is 4.44. The molecule has 2 fully saturated rings. The Hall–Kier alpha value is -3.50. The average molecular weight is 510 g/mol. The van der Waals surface area contributed by atoms with Gasteiger partial charge in [0.15, 0.2) is 5.17 Å². The van der Waals surface area contributed by atoms with Crippen LogP contribution in [0.2, 0.25) is 0 Å². The number of rotatable bonds is 5. The number of nitrogens with zero attached hydrogens (tertiary/aromatic N) is 5. The smallest absolute Gasteiger partial charge is 0.150 e. The van der Waals surface area contributed by atoms with E-state index in [1.807, 2.05) is 18.2 Å². The number of hydrogen-bond donors (Lipinski definition) is 0. The molecule has 0 radical (unpaired) electrons. The molecule has 2 aliphatic rings. The van der Waals surface area contributed by atoms with Gasteiger partial charge in [-0.25, -0.2) is 9.97 Å². The van der Waals surface area contributed by atoms with Crippen molar-refractivity contribution in [3.8, 4) is 35.0 Å². The second-order valence-corrected chi connectivity index (χ2v) is 9.94. The lowest BCUT2D eigenvalue weighted by Crippen LogP contribution is -2.49. The van der Waals surface area contributed by atoms with Gasteiger partial charge in [0.1, 0.15) is 17.2 Å². The number of ether oxygens (including phenoxy) is 1. The van der Waals surface area contributed by atoms with Crippen LogP contribution >= 0.6 is 11.6 Å². The fourth-order valence-corrected chi connectivity index (χ4v) is 5.59. The number of morpholine rings is 1. The highest BCUT2D eigenvalue weighted by atomic mass is 35.5. The van der Waals surface area contributed by atoms with E-state index >= 15 is 0 Å². The number of fused-ring (bicyclic) bond motifs is 1. The first kappa shape index (κ1) is 23.9. The largest absolute Gasteiger partial charge is 0.379 e. The van der Waals surface area contributed by atoms with Gasteiger partial charge in [-0.05, 0) is 25.0 Å². The van der Waals surface area contributed by atoms with Gasteiger partial charge in [-0.1, -0.05) is 66.6 Å².